The minimum atomic E-state index is 0.608. The van der Waals surface area contributed by atoms with Crippen molar-refractivity contribution in [2.24, 2.45) is 0 Å². The third-order valence-electron chi connectivity index (χ3n) is 1.31. The van der Waals surface area contributed by atoms with Gasteiger partial charge in [-0.3, -0.25) is 0 Å². The Bertz CT molecular complexity index is 250. The van der Waals surface area contributed by atoms with Crippen molar-refractivity contribution in [3.8, 4) is 0 Å². The molecular formula is C7H10N2O. The molecule has 0 N–H and O–H groups in total. The lowest BCUT2D eigenvalue weighted by Gasteiger charge is -1.85. The molecule has 0 saturated carbocycles. The van der Waals surface area contributed by atoms with E-state index in [-0.39, 0.29) is 0 Å². The molecule has 0 atom stereocenters. The van der Waals surface area contributed by atoms with Gasteiger partial charge in [0.2, 0.25) is 5.89 Å². The molecule has 0 radical (unpaired) electrons. The van der Waals surface area contributed by atoms with Gasteiger partial charge in [-0.15, -0.1) is 0 Å². The van der Waals surface area contributed by atoms with Gasteiger partial charge in [-0.05, 0) is 19.4 Å². The van der Waals surface area contributed by atoms with Crippen LogP contribution in [0.4, 0.5) is 0 Å². The molecule has 0 aliphatic rings. The average molecular weight is 138 g/mol. The third-order valence-corrected chi connectivity index (χ3v) is 1.31. The molecule has 10 heavy (non-hydrogen) atoms. The van der Waals surface area contributed by atoms with Crippen molar-refractivity contribution in [3.63, 3.8) is 0 Å². The molecule has 54 valence electrons. The molecule has 0 aromatic carbocycles. The summed E-state index contributed by atoms with van der Waals surface area (Å²) in [6, 6.07) is 0. The lowest BCUT2D eigenvalue weighted by atomic mass is 10.3. The topological polar surface area (TPSA) is 38.9 Å². The highest BCUT2D eigenvalue weighted by molar-refractivity contribution is 5.55. The summed E-state index contributed by atoms with van der Waals surface area (Å²) >= 11 is 0. The van der Waals surface area contributed by atoms with Crippen LogP contribution >= 0.6 is 0 Å². The van der Waals surface area contributed by atoms with Crippen LogP contribution in [0.1, 0.15) is 25.6 Å². The smallest absolute Gasteiger partial charge is 0.223 e. The average Bonchev–Trinajstić information content (AvgIpc) is 2.34. The highest BCUT2D eigenvalue weighted by Gasteiger charge is 2.01. The maximum Gasteiger partial charge on any atom is 0.223 e. The van der Waals surface area contributed by atoms with Gasteiger partial charge in [-0.25, -0.2) is 0 Å². The molecule has 0 fully saturated rings. The zero-order chi connectivity index (χ0) is 7.56. The second-order valence-corrected chi connectivity index (χ2v) is 2.11. The molecule has 3 nitrogen and oxygen atoms in total. The maximum atomic E-state index is 4.79. The van der Waals surface area contributed by atoms with Crippen LogP contribution in [0, 0.1) is 6.92 Å². The Kier molecular flexibility index (Phi) is 1.85. The summed E-state index contributed by atoms with van der Waals surface area (Å²) in [7, 11) is 0. The summed E-state index contributed by atoms with van der Waals surface area (Å²) in [5, 5.41) is 3.73. The van der Waals surface area contributed by atoms with E-state index in [1.165, 1.54) is 0 Å². The van der Waals surface area contributed by atoms with E-state index in [1.54, 1.807) is 6.92 Å². The standard InChI is InChI=1S/C7H10N2O/c1-4-5(2)7-8-6(3)10-9-7/h4H,1-3H3. The Hall–Kier alpha value is -1.12. The lowest BCUT2D eigenvalue weighted by molar-refractivity contribution is 0.391. The fourth-order valence-corrected chi connectivity index (χ4v) is 0.589. The largest absolute Gasteiger partial charge is 0.339 e. The molecule has 0 aliphatic heterocycles. The molecule has 1 aromatic rings. The Morgan fingerprint density at radius 1 is 1.60 bits per heavy atom. The Morgan fingerprint density at radius 2 is 2.30 bits per heavy atom. The van der Waals surface area contributed by atoms with E-state index in [0.717, 1.165) is 5.57 Å². The first-order valence-electron chi connectivity index (χ1n) is 3.17. The second kappa shape index (κ2) is 2.64. The molecule has 1 rings (SSSR count). The van der Waals surface area contributed by atoms with Crippen LogP contribution in [-0.4, -0.2) is 10.1 Å². The summed E-state index contributed by atoms with van der Waals surface area (Å²) < 4.78 is 4.79. The molecule has 0 bridgehead atoms. The van der Waals surface area contributed by atoms with Crippen molar-refractivity contribution in [2.75, 3.05) is 0 Å². The highest BCUT2D eigenvalue weighted by Crippen LogP contribution is 2.07. The molecule has 1 heterocycles. The Morgan fingerprint density at radius 3 is 2.70 bits per heavy atom. The Balaban J connectivity index is 2.95. The van der Waals surface area contributed by atoms with Gasteiger partial charge in [0.05, 0.1) is 0 Å². The molecule has 0 aliphatic carbocycles. The monoisotopic (exact) mass is 138 g/mol. The SMILES string of the molecule is CC=C(C)c1noc(C)n1. The first kappa shape index (κ1) is 6.99. The van der Waals surface area contributed by atoms with E-state index in [2.05, 4.69) is 10.1 Å². The quantitative estimate of drug-likeness (QED) is 0.594. The number of hydrogen-bond donors (Lipinski definition) is 0. The van der Waals surface area contributed by atoms with Gasteiger partial charge in [0, 0.05) is 6.92 Å². The van der Waals surface area contributed by atoms with Gasteiger partial charge < -0.3 is 4.52 Å². The van der Waals surface area contributed by atoms with Crippen molar-refractivity contribution < 1.29 is 4.52 Å². The molecule has 0 spiro atoms. The number of rotatable bonds is 1. The zero-order valence-electron chi connectivity index (χ0n) is 6.38. The van der Waals surface area contributed by atoms with E-state index in [9.17, 15) is 0 Å². The fourth-order valence-electron chi connectivity index (χ4n) is 0.589. The van der Waals surface area contributed by atoms with E-state index < -0.39 is 0 Å². The van der Waals surface area contributed by atoms with Crippen LogP contribution in [0.5, 0.6) is 0 Å². The first-order valence-corrected chi connectivity index (χ1v) is 3.17. The van der Waals surface area contributed by atoms with Crippen molar-refractivity contribution in [1.29, 1.82) is 0 Å². The summed E-state index contributed by atoms with van der Waals surface area (Å²) in [5.74, 6) is 1.29. The Labute approximate surface area is 59.8 Å². The number of nitrogens with zero attached hydrogens (tertiary/aromatic N) is 2. The number of hydrogen-bond acceptors (Lipinski definition) is 3. The zero-order valence-corrected chi connectivity index (χ0v) is 6.38. The molecule has 1 aromatic heterocycles. The molecule has 3 heteroatoms. The van der Waals surface area contributed by atoms with Gasteiger partial charge in [0.1, 0.15) is 0 Å². The first-order chi connectivity index (χ1) is 4.74. The predicted octanol–water partition coefficient (Wildman–Crippen LogP) is 1.80. The number of allylic oxidation sites excluding steroid dienone is 2. The minimum Gasteiger partial charge on any atom is -0.339 e. The number of aryl methyl sites for hydroxylation is 1. The van der Waals surface area contributed by atoms with E-state index in [1.807, 2.05) is 19.9 Å². The van der Waals surface area contributed by atoms with Crippen LogP contribution in [0.25, 0.3) is 5.57 Å². The van der Waals surface area contributed by atoms with Crippen LogP contribution < -0.4 is 0 Å². The van der Waals surface area contributed by atoms with Gasteiger partial charge in [0.15, 0.2) is 5.82 Å². The minimum absolute atomic E-state index is 0.608. The predicted molar refractivity (Wildman–Crippen MR) is 38.4 cm³/mol. The van der Waals surface area contributed by atoms with Gasteiger partial charge in [-0.1, -0.05) is 11.2 Å². The summed E-state index contributed by atoms with van der Waals surface area (Å²) in [4.78, 5) is 4.04. The van der Waals surface area contributed by atoms with E-state index >= 15 is 0 Å². The van der Waals surface area contributed by atoms with E-state index in [0.29, 0.717) is 11.7 Å². The van der Waals surface area contributed by atoms with Crippen molar-refractivity contribution in [2.45, 2.75) is 20.8 Å². The molecule has 0 saturated heterocycles. The van der Waals surface area contributed by atoms with Gasteiger partial charge in [0.25, 0.3) is 0 Å². The summed E-state index contributed by atoms with van der Waals surface area (Å²) in [6.45, 7) is 5.67. The molecular weight excluding hydrogens is 128 g/mol. The lowest BCUT2D eigenvalue weighted by Crippen LogP contribution is -1.80. The third kappa shape index (κ3) is 1.23. The van der Waals surface area contributed by atoms with Gasteiger partial charge in [-0.2, -0.15) is 4.98 Å². The normalized spacial score (nSPS) is 12.1. The van der Waals surface area contributed by atoms with Crippen molar-refractivity contribution in [1.82, 2.24) is 10.1 Å². The van der Waals surface area contributed by atoms with Crippen LogP contribution in [0.2, 0.25) is 0 Å². The highest BCUT2D eigenvalue weighted by atomic mass is 16.5. The summed E-state index contributed by atoms with van der Waals surface area (Å²) in [5.41, 5.74) is 1.04. The maximum absolute atomic E-state index is 4.79. The van der Waals surface area contributed by atoms with Crippen molar-refractivity contribution >= 4 is 5.57 Å². The van der Waals surface area contributed by atoms with Crippen LogP contribution in [-0.2, 0) is 0 Å². The van der Waals surface area contributed by atoms with Crippen LogP contribution in [0.3, 0.4) is 0 Å². The second-order valence-electron chi connectivity index (χ2n) is 2.11. The van der Waals surface area contributed by atoms with E-state index in [4.69, 9.17) is 4.52 Å². The summed E-state index contributed by atoms with van der Waals surface area (Å²) in [6.07, 6.45) is 1.95. The number of aromatic nitrogens is 2. The van der Waals surface area contributed by atoms with Crippen LogP contribution in [0.15, 0.2) is 10.6 Å². The molecule has 0 amide bonds. The van der Waals surface area contributed by atoms with Crippen molar-refractivity contribution in [3.05, 3.63) is 17.8 Å². The fraction of sp³-hybridized carbons (Fsp3) is 0.429. The van der Waals surface area contributed by atoms with Gasteiger partial charge >= 0.3 is 0 Å². The molecule has 0 unspecified atom stereocenters.